The summed E-state index contributed by atoms with van der Waals surface area (Å²) < 4.78 is 5.09. The fourth-order valence-electron chi connectivity index (χ4n) is 1.20. The third-order valence-electron chi connectivity index (χ3n) is 2.01. The van der Waals surface area contributed by atoms with Crippen LogP contribution in [-0.4, -0.2) is 12.1 Å². The number of carbonyl (C=O) groups excluding carboxylic acids is 1. The first-order valence-corrected chi connectivity index (χ1v) is 4.75. The summed E-state index contributed by atoms with van der Waals surface area (Å²) in [6.07, 6.45) is 5.20. The van der Waals surface area contributed by atoms with Crippen molar-refractivity contribution in [3.05, 3.63) is 31.0 Å². The van der Waals surface area contributed by atoms with Crippen molar-refractivity contribution in [1.29, 1.82) is 0 Å². The number of allylic oxidation sites excluding steroid dienone is 1. The Labute approximate surface area is 86.0 Å². The summed E-state index contributed by atoms with van der Waals surface area (Å²) in [6.45, 7) is 10.6. The van der Waals surface area contributed by atoms with E-state index in [1.54, 1.807) is 6.08 Å². The van der Waals surface area contributed by atoms with Crippen LogP contribution in [0.4, 0.5) is 0 Å². The Kier molecular flexibility index (Phi) is 6.51. The minimum atomic E-state index is -0.263. The van der Waals surface area contributed by atoms with Crippen LogP contribution in [0.25, 0.3) is 0 Å². The summed E-state index contributed by atoms with van der Waals surface area (Å²) in [4.78, 5) is 10.7. The molecule has 0 N–H and O–H groups in total. The molecule has 0 aromatic heterocycles. The fraction of sp³-hybridized carbons (Fsp3) is 0.500. The van der Waals surface area contributed by atoms with E-state index in [9.17, 15) is 4.79 Å². The van der Waals surface area contributed by atoms with E-state index in [0.717, 1.165) is 12.8 Å². The zero-order chi connectivity index (χ0) is 11.0. The van der Waals surface area contributed by atoms with Gasteiger partial charge in [-0.25, -0.2) is 0 Å². The van der Waals surface area contributed by atoms with Crippen LogP contribution in [-0.2, 0) is 9.53 Å². The van der Waals surface area contributed by atoms with Gasteiger partial charge in [-0.2, -0.15) is 0 Å². The molecule has 0 fully saturated rings. The second kappa shape index (κ2) is 7.16. The molecule has 0 radical (unpaired) electrons. The lowest BCUT2D eigenvalue weighted by Crippen LogP contribution is -2.21. The molecule has 2 unspecified atom stereocenters. The zero-order valence-corrected chi connectivity index (χ0v) is 8.95. The van der Waals surface area contributed by atoms with Gasteiger partial charge in [0, 0.05) is 6.92 Å². The van der Waals surface area contributed by atoms with E-state index < -0.39 is 0 Å². The highest BCUT2D eigenvalue weighted by Gasteiger charge is 2.15. The molecule has 2 atom stereocenters. The normalized spacial score (nSPS) is 13.6. The number of ether oxygens (including phenoxy) is 1. The monoisotopic (exact) mass is 194 g/mol. The number of esters is 1. The molecular formula is C12H18O2. The quantitative estimate of drug-likeness (QED) is 0.369. The largest absolute Gasteiger partial charge is 0.458 e. The maximum atomic E-state index is 10.7. The van der Waals surface area contributed by atoms with Gasteiger partial charge in [0.2, 0.25) is 0 Å². The maximum absolute atomic E-state index is 10.7. The minimum Gasteiger partial charge on any atom is -0.458 e. The minimum absolute atomic E-state index is 0.189. The third-order valence-corrected chi connectivity index (χ3v) is 2.01. The van der Waals surface area contributed by atoms with Gasteiger partial charge in [-0.05, 0) is 24.8 Å². The molecular weight excluding hydrogens is 176 g/mol. The molecule has 0 amide bonds. The Bertz CT molecular complexity index is 237. The number of hydrogen-bond donors (Lipinski definition) is 0. The van der Waals surface area contributed by atoms with E-state index in [-0.39, 0.29) is 18.0 Å². The smallest absolute Gasteiger partial charge is 0.303 e. The van der Waals surface area contributed by atoms with Crippen LogP contribution in [0, 0.1) is 5.92 Å². The Morgan fingerprint density at radius 1 is 1.64 bits per heavy atom. The van der Waals surface area contributed by atoms with E-state index in [2.05, 4.69) is 18.9 Å². The molecule has 0 rings (SSSR count). The van der Waals surface area contributed by atoms with Gasteiger partial charge in [0.25, 0.3) is 0 Å². The van der Waals surface area contributed by atoms with Crippen LogP contribution in [0.3, 0.4) is 0 Å². The molecule has 0 aromatic rings. The molecule has 0 aliphatic rings. The van der Waals surface area contributed by atoms with Crippen molar-refractivity contribution in [2.75, 3.05) is 0 Å². The highest BCUT2D eigenvalue weighted by molar-refractivity contribution is 5.66. The Morgan fingerprint density at radius 2 is 2.29 bits per heavy atom. The summed E-state index contributed by atoms with van der Waals surface area (Å²) in [7, 11) is 0. The second-order valence-electron chi connectivity index (χ2n) is 3.27. The van der Waals surface area contributed by atoms with Crippen molar-refractivity contribution in [3.8, 4) is 0 Å². The van der Waals surface area contributed by atoms with Crippen LogP contribution in [0.15, 0.2) is 31.0 Å². The van der Waals surface area contributed by atoms with Gasteiger partial charge in [0.05, 0.1) is 0 Å². The Hall–Kier alpha value is -1.27. The average Bonchev–Trinajstić information content (AvgIpc) is 2.14. The lowest BCUT2D eigenvalue weighted by Gasteiger charge is -2.19. The van der Waals surface area contributed by atoms with Crippen molar-refractivity contribution < 1.29 is 9.53 Å². The van der Waals surface area contributed by atoms with Crippen LogP contribution in [0.1, 0.15) is 26.7 Å². The second-order valence-corrected chi connectivity index (χ2v) is 3.27. The third kappa shape index (κ3) is 5.39. The van der Waals surface area contributed by atoms with Gasteiger partial charge in [-0.3, -0.25) is 4.79 Å². The van der Waals surface area contributed by atoms with E-state index in [1.807, 2.05) is 13.0 Å². The standard InChI is InChI=1S/C12H18O2/c1-5-7-8-9-10(3)12(6-2)14-11(4)13/h6-7,10,12H,1-2,8-9H2,3-4H3. The average molecular weight is 194 g/mol. The molecule has 0 saturated carbocycles. The van der Waals surface area contributed by atoms with Crippen LogP contribution in [0.2, 0.25) is 0 Å². The van der Waals surface area contributed by atoms with Crippen molar-refractivity contribution in [2.45, 2.75) is 32.8 Å². The molecule has 78 valence electrons. The van der Waals surface area contributed by atoms with Crippen molar-refractivity contribution in [1.82, 2.24) is 0 Å². The molecule has 0 aliphatic heterocycles. The molecule has 0 aliphatic carbocycles. The van der Waals surface area contributed by atoms with Crippen molar-refractivity contribution >= 4 is 5.97 Å². The molecule has 0 aromatic carbocycles. The molecule has 0 heterocycles. The fourth-order valence-corrected chi connectivity index (χ4v) is 1.20. The topological polar surface area (TPSA) is 26.3 Å². The van der Waals surface area contributed by atoms with Gasteiger partial charge in [0.15, 0.2) is 0 Å². The SMILES string of the molecule is C=C=CCCC(C)C(C=C)OC(C)=O. The van der Waals surface area contributed by atoms with Crippen molar-refractivity contribution in [2.24, 2.45) is 5.92 Å². The van der Waals surface area contributed by atoms with Gasteiger partial charge in [-0.15, -0.1) is 5.73 Å². The molecule has 2 heteroatoms. The van der Waals surface area contributed by atoms with Gasteiger partial charge in [-0.1, -0.05) is 26.2 Å². The summed E-state index contributed by atoms with van der Waals surface area (Å²) in [5.41, 5.74) is 2.71. The molecule has 0 spiro atoms. The number of hydrogen-bond acceptors (Lipinski definition) is 2. The Balaban J connectivity index is 4.02. The lowest BCUT2D eigenvalue weighted by molar-refractivity contribution is -0.146. The number of carbonyl (C=O) groups is 1. The van der Waals surface area contributed by atoms with E-state index in [0.29, 0.717) is 0 Å². The highest BCUT2D eigenvalue weighted by atomic mass is 16.5. The molecule has 0 saturated heterocycles. The van der Waals surface area contributed by atoms with Crippen LogP contribution >= 0.6 is 0 Å². The summed E-state index contributed by atoms with van der Waals surface area (Å²) in [5, 5.41) is 0. The molecule has 14 heavy (non-hydrogen) atoms. The number of rotatable bonds is 6. The first-order chi connectivity index (χ1) is 6.61. The summed E-state index contributed by atoms with van der Waals surface area (Å²) in [6, 6.07) is 0. The van der Waals surface area contributed by atoms with Gasteiger partial charge < -0.3 is 4.74 Å². The molecule has 2 nitrogen and oxygen atoms in total. The van der Waals surface area contributed by atoms with Crippen molar-refractivity contribution in [3.63, 3.8) is 0 Å². The first-order valence-electron chi connectivity index (χ1n) is 4.75. The summed E-state index contributed by atoms with van der Waals surface area (Å²) >= 11 is 0. The van der Waals surface area contributed by atoms with Crippen LogP contribution in [0.5, 0.6) is 0 Å². The Morgan fingerprint density at radius 3 is 2.71 bits per heavy atom. The first kappa shape index (κ1) is 12.7. The van der Waals surface area contributed by atoms with Gasteiger partial charge in [0.1, 0.15) is 6.10 Å². The van der Waals surface area contributed by atoms with E-state index in [4.69, 9.17) is 4.74 Å². The summed E-state index contributed by atoms with van der Waals surface area (Å²) in [5.74, 6) is 0.0158. The zero-order valence-electron chi connectivity index (χ0n) is 8.95. The molecule has 0 bridgehead atoms. The van der Waals surface area contributed by atoms with Crippen LogP contribution < -0.4 is 0 Å². The van der Waals surface area contributed by atoms with E-state index >= 15 is 0 Å². The predicted molar refractivity (Wildman–Crippen MR) is 57.9 cm³/mol. The predicted octanol–water partition coefficient (Wildman–Crippen LogP) is 2.86. The lowest BCUT2D eigenvalue weighted by atomic mass is 9.99. The highest BCUT2D eigenvalue weighted by Crippen LogP contribution is 2.15. The van der Waals surface area contributed by atoms with Gasteiger partial charge >= 0.3 is 5.97 Å². The van der Waals surface area contributed by atoms with E-state index in [1.165, 1.54) is 6.92 Å². The maximum Gasteiger partial charge on any atom is 0.303 e.